The summed E-state index contributed by atoms with van der Waals surface area (Å²) in [5, 5.41) is 0. The summed E-state index contributed by atoms with van der Waals surface area (Å²) in [4.78, 5) is 0. The zero-order chi connectivity index (χ0) is 18.5. The van der Waals surface area contributed by atoms with Crippen LogP contribution in [-0.4, -0.2) is 9.49 Å². The molecule has 2 aliphatic rings. The molecular formula is C22H42OS2. The van der Waals surface area contributed by atoms with Gasteiger partial charge in [-0.05, 0) is 62.2 Å². The first kappa shape index (κ1) is 22.0. The van der Waals surface area contributed by atoms with Crippen LogP contribution in [0, 0.1) is 23.7 Å². The molecular weight excluding hydrogens is 344 g/mol. The first-order valence-corrected chi connectivity index (χ1v) is 12.3. The summed E-state index contributed by atoms with van der Waals surface area (Å²) in [6.07, 6.45) is 13.6. The average molecular weight is 387 g/mol. The van der Waals surface area contributed by atoms with Gasteiger partial charge in [-0.3, -0.25) is 0 Å². The molecule has 0 N–H and O–H groups in total. The first-order chi connectivity index (χ1) is 11.8. The standard InChI is InChI=1S/C22H42OS2/c1-17(2)15-21(13-9-7-11-19(21)5)24-23-25-22(16-18(3)4)14-10-8-12-20(22)6/h17-20H,7-16H2,1-6H3. The fourth-order valence-electron chi connectivity index (χ4n) is 5.23. The predicted octanol–water partition coefficient (Wildman–Crippen LogP) is 8.29. The molecule has 3 heteroatoms. The minimum atomic E-state index is 0.344. The molecule has 148 valence electrons. The second-order valence-corrected chi connectivity index (χ2v) is 12.4. The van der Waals surface area contributed by atoms with Crippen molar-refractivity contribution in [1.29, 1.82) is 0 Å². The molecule has 0 bridgehead atoms. The molecule has 4 atom stereocenters. The zero-order valence-electron chi connectivity index (χ0n) is 17.6. The third-order valence-electron chi connectivity index (χ3n) is 6.68. The number of rotatable bonds is 8. The smallest absolute Gasteiger partial charge is 0.0463 e. The van der Waals surface area contributed by atoms with Gasteiger partial charge in [0.2, 0.25) is 0 Å². The van der Waals surface area contributed by atoms with Crippen LogP contribution in [0.25, 0.3) is 0 Å². The summed E-state index contributed by atoms with van der Waals surface area (Å²) in [7, 11) is 0. The van der Waals surface area contributed by atoms with Crippen LogP contribution in [0.15, 0.2) is 0 Å². The Kier molecular flexibility index (Phi) is 8.55. The fourth-order valence-corrected chi connectivity index (χ4v) is 8.27. The minimum Gasteiger partial charge on any atom is -0.246 e. The van der Waals surface area contributed by atoms with Crippen LogP contribution in [0.5, 0.6) is 0 Å². The zero-order valence-corrected chi connectivity index (χ0v) is 19.2. The molecule has 0 saturated heterocycles. The third-order valence-corrected chi connectivity index (χ3v) is 9.43. The van der Waals surface area contributed by atoms with Crippen LogP contribution in [-0.2, 0) is 3.63 Å². The van der Waals surface area contributed by atoms with E-state index >= 15 is 0 Å². The van der Waals surface area contributed by atoms with Crippen LogP contribution in [0.1, 0.15) is 106 Å². The topological polar surface area (TPSA) is 9.23 Å². The molecule has 0 radical (unpaired) electrons. The first-order valence-electron chi connectivity index (χ1n) is 10.8. The third kappa shape index (κ3) is 5.82. The predicted molar refractivity (Wildman–Crippen MR) is 116 cm³/mol. The van der Waals surface area contributed by atoms with E-state index in [9.17, 15) is 0 Å². The highest BCUT2D eigenvalue weighted by molar-refractivity contribution is 8.09. The van der Waals surface area contributed by atoms with Crippen molar-refractivity contribution in [2.24, 2.45) is 23.7 Å². The molecule has 1 nitrogen and oxygen atoms in total. The lowest BCUT2D eigenvalue weighted by Gasteiger charge is -2.45. The van der Waals surface area contributed by atoms with Crippen LogP contribution in [0.3, 0.4) is 0 Å². The maximum Gasteiger partial charge on any atom is 0.0463 e. The highest BCUT2D eigenvalue weighted by Gasteiger charge is 2.44. The van der Waals surface area contributed by atoms with Crippen molar-refractivity contribution in [2.45, 2.75) is 115 Å². The Balaban J connectivity index is 2.03. The maximum absolute atomic E-state index is 6.50. The minimum absolute atomic E-state index is 0.344. The van der Waals surface area contributed by atoms with E-state index in [0.717, 1.165) is 23.7 Å². The number of hydrogen-bond acceptors (Lipinski definition) is 3. The Morgan fingerprint density at radius 2 is 1.16 bits per heavy atom. The second-order valence-electron chi connectivity index (χ2n) is 9.85. The Morgan fingerprint density at radius 1 is 0.760 bits per heavy atom. The van der Waals surface area contributed by atoms with Crippen LogP contribution < -0.4 is 0 Å². The van der Waals surface area contributed by atoms with E-state index in [2.05, 4.69) is 41.5 Å². The van der Waals surface area contributed by atoms with Crippen LogP contribution in [0.2, 0.25) is 0 Å². The molecule has 2 saturated carbocycles. The Bertz CT molecular complexity index is 361. The van der Waals surface area contributed by atoms with Gasteiger partial charge in [0, 0.05) is 33.6 Å². The van der Waals surface area contributed by atoms with E-state index < -0.39 is 0 Å². The van der Waals surface area contributed by atoms with Gasteiger partial charge in [0.05, 0.1) is 0 Å². The van der Waals surface area contributed by atoms with E-state index in [-0.39, 0.29) is 0 Å². The Morgan fingerprint density at radius 3 is 1.48 bits per heavy atom. The van der Waals surface area contributed by atoms with Crippen molar-refractivity contribution in [1.82, 2.24) is 0 Å². The normalized spacial score (nSPS) is 37.0. The van der Waals surface area contributed by atoms with E-state index in [0.29, 0.717) is 9.49 Å². The Hall–Kier alpha value is 0.660. The van der Waals surface area contributed by atoms with Gasteiger partial charge < -0.3 is 0 Å². The quantitative estimate of drug-likeness (QED) is 0.388. The molecule has 0 amide bonds. The van der Waals surface area contributed by atoms with Crippen LogP contribution >= 0.6 is 24.1 Å². The van der Waals surface area contributed by atoms with Crippen LogP contribution in [0.4, 0.5) is 0 Å². The van der Waals surface area contributed by atoms with E-state index in [1.165, 1.54) is 64.2 Å². The summed E-state index contributed by atoms with van der Waals surface area (Å²) in [6.45, 7) is 14.4. The fraction of sp³-hybridized carbons (Fsp3) is 1.00. The van der Waals surface area contributed by atoms with Gasteiger partial charge in [0.15, 0.2) is 0 Å². The molecule has 4 unspecified atom stereocenters. The maximum atomic E-state index is 6.50. The molecule has 0 spiro atoms. The molecule has 2 rings (SSSR count). The van der Waals surface area contributed by atoms with Crippen molar-refractivity contribution in [3.05, 3.63) is 0 Å². The summed E-state index contributed by atoms with van der Waals surface area (Å²) >= 11 is 3.73. The Labute approximate surface area is 166 Å². The van der Waals surface area contributed by atoms with Crippen molar-refractivity contribution in [2.75, 3.05) is 0 Å². The molecule has 25 heavy (non-hydrogen) atoms. The lowest BCUT2D eigenvalue weighted by atomic mass is 9.75. The highest BCUT2D eigenvalue weighted by Crippen LogP contribution is 2.54. The van der Waals surface area contributed by atoms with Gasteiger partial charge in [-0.15, -0.1) is 0 Å². The van der Waals surface area contributed by atoms with Gasteiger partial charge in [0.25, 0.3) is 0 Å². The van der Waals surface area contributed by atoms with E-state index in [4.69, 9.17) is 3.63 Å². The van der Waals surface area contributed by atoms with E-state index in [1.807, 2.05) is 24.1 Å². The van der Waals surface area contributed by atoms with Gasteiger partial charge in [-0.25, -0.2) is 3.63 Å². The molecule has 0 heterocycles. The van der Waals surface area contributed by atoms with E-state index in [1.54, 1.807) is 0 Å². The van der Waals surface area contributed by atoms with Crippen molar-refractivity contribution < 1.29 is 3.63 Å². The van der Waals surface area contributed by atoms with Crippen molar-refractivity contribution >= 4 is 24.1 Å². The van der Waals surface area contributed by atoms with Gasteiger partial charge in [-0.2, -0.15) is 0 Å². The molecule has 0 aromatic heterocycles. The van der Waals surface area contributed by atoms with Crippen molar-refractivity contribution in [3.8, 4) is 0 Å². The molecule has 2 fully saturated rings. The molecule has 0 aromatic carbocycles. The summed E-state index contributed by atoms with van der Waals surface area (Å²) in [5.74, 6) is 3.05. The molecule has 0 aliphatic heterocycles. The summed E-state index contributed by atoms with van der Waals surface area (Å²) in [6, 6.07) is 0. The second kappa shape index (κ2) is 9.73. The van der Waals surface area contributed by atoms with Crippen molar-refractivity contribution in [3.63, 3.8) is 0 Å². The molecule has 0 aromatic rings. The summed E-state index contributed by atoms with van der Waals surface area (Å²) < 4.78 is 7.18. The lowest BCUT2D eigenvalue weighted by molar-refractivity contribution is 0.244. The SMILES string of the molecule is CC(C)CC1(SOSC2(CC(C)C)CCCCC2C)CCCCC1C. The summed E-state index contributed by atoms with van der Waals surface area (Å²) in [5.41, 5.74) is 0. The van der Waals surface area contributed by atoms with Gasteiger partial charge >= 0.3 is 0 Å². The van der Waals surface area contributed by atoms with Gasteiger partial charge in [-0.1, -0.05) is 67.2 Å². The lowest BCUT2D eigenvalue weighted by Crippen LogP contribution is -2.39. The monoisotopic (exact) mass is 386 g/mol. The highest BCUT2D eigenvalue weighted by atomic mass is 32.2. The molecule has 2 aliphatic carbocycles. The average Bonchev–Trinajstić information content (AvgIpc) is 2.52. The number of hydrogen-bond donors (Lipinski definition) is 0. The largest absolute Gasteiger partial charge is 0.246 e. The van der Waals surface area contributed by atoms with Gasteiger partial charge in [0.1, 0.15) is 0 Å².